The van der Waals surface area contributed by atoms with E-state index >= 15 is 0 Å². The van der Waals surface area contributed by atoms with Crippen molar-refractivity contribution in [3.63, 3.8) is 0 Å². The predicted octanol–water partition coefficient (Wildman–Crippen LogP) is 8.27. The van der Waals surface area contributed by atoms with Crippen LogP contribution in [-0.4, -0.2) is 35.5 Å². The Bertz CT molecular complexity index is 386. The average Bonchev–Trinajstić information content (AvgIpc) is 2.82. The molecule has 0 aromatic carbocycles. The van der Waals surface area contributed by atoms with E-state index < -0.39 is 6.10 Å². The predicted molar refractivity (Wildman–Crippen MR) is 141 cm³/mol. The maximum absolute atomic E-state index is 11.5. The Labute approximate surface area is 206 Å². The summed E-state index contributed by atoms with van der Waals surface area (Å²) in [6.07, 6.45) is 30.8. The van der Waals surface area contributed by atoms with Gasteiger partial charge in [0.2, 0.25) is 0 Å². The lowest BCUT2D eigenvalue weighted by Crippen LogP contribution is -2.21. The van der Waals surface area contributed by atoms with Gasteiger partial charge in [0, 0.05) is 6.42 Å². The highest BCUT2D eigenvalue weighted by Gasteiger charge is 2.07. The van der Waals surface area contributed by atoms with E-state index in [1.165, 1.54) is 135 Å². The summed E-state index contributed by atoms with van der Waals surface area (Å²) in [4.78, 5) is 11.5. The minimum absolute atomic E-state index is 0.102. The number of carbonyl (C=O) groups is 1. The van der Waals surface area contributed by atoms with Crippen LogP contribution in [0.25, 0.3) is 0 Å². The van der Waals surface area contributed by atoms with Gasteiger partial charge in [0.15, 0.2) is 0 Å². The molecule has 0 rings (SSSR count). The highest BCUT2D eigenvalue weighted by molar-refractivity contribution is 5.69. The Morgan fingerprint density at radius 2 is 0.879 bits per heavy atom. The smallest absolute Gasteiger partial charge is 0.305 e. The van der Waals surface area contributed by atoms with Gasteiger partial charge in [-0.05, 0) is 6.42 Å². The first kappa shape index (κ1) is 32.4. The van der Waals surface area contributed by atoms with Gasteiger partial charge in [0.1, 0.15) is 12.7 Å². The Morgan fingerprint density at radius 3 is 1.18 bits per heavy atom. The lowest BCUT2D eigenvalue weighted by molar-refractivity contribution is -0.147. The molecule has 0 saturated heterocycles. The van der Waals surface area contributed by atoms with E-state index in [9.17, 15) is 4.79 Å². The second kappa shape index (κ2) is 27.6. The molecule has 0 bridgehead atoms. The van der Waals surface area contributed by atoms with Crippen molar-refractivity contribution in [1.82, 2.24) is 0 Å². The summed E-state index contributed by atoms with van der Waals surface area (Å²) < 4.78 is 4.90. The number of hydrogen-bond acceptors (Lipinski definition) is 4. The van der Waals surface area contributed by atoms with Gasteiger partial charge in [-0.2, -0.15) is 0 Å². The first-order valence-corrected chi connectivity index (χ1v) is 14.6. The van der Waals surface area contributed by atoms with Crippen LogP contribution < -0.4 is 0 Å². The first-order chi connectivity index (χ1) is 16.2. The molecular weight excluding hydrogens is 412 g/mol. The molecule has 0 aliphatic heterocycles. The van der Waals surface area contributed by atoms with Crippen LogP contribution in [0.4, 0.5) is 0 Å². The maximum Gasteiger partial charge on any atom is 0.305 e. The van der Waals surface area contributed by atoms with Crippen molar-refractivity contribution in [3.05, 3.63) is 0 Å². The standard InChI is InChI=1S/C29H58O4/c1-2-3-4-5-6-7-8-9-10-11-12-13-14-15-16-17-18-19-20-21-22-23-24-25-29(32)33-27-28(31)26-30/h28,30-31H,2-27H2,1H3/t28-/m0/s1. The summed E-state index contributed by atoms with van der Waals surface area (Å²) in [5, 5.41) is 17.8. The van der Waals surface area contributed by atoms with Crippen molar-refractivity contribution in [2.75, 3.05) is 13.2 Å². The van der Waals surface area contributed by atoms with Gasteiger partial charge >= 0.3 is 5.97 Å². The van der Waals surface area contributed by atoms with Crippen molar-refractivity contribution in [2.24, 2.45) is 0 Å². The van der Waals surface area contributed by atoms with E-state index in [1.807, 2.05) is 0 Å². The highest BCUT2D eigenvalue weighted by atomic mass is 16.5. The number of carbonyl (C=O) groups excluding carboxylic acids is 1. The second-order valence-corrected chi connectivity index (χ2v) is 10.0. The topological polar surface area (TPSA) is 66.8 Å². The summed E-state index contributed by atoms with van der Waals surface area (Å²) in [7, 11) is 0. The molecule has 4 heteroatoms. The minimum atomic E-state index is -0.955. The van der Waals surface area contributed by atoms with Gasteiger partial charge in [-0.1, -0.05) is 148 Å². The van der Waals surface area contributed by atoms with E-state index in [4.69, 9.17) is 14.9 Å². The quantitative estimate of drug-likeness (QED) is 0.0936. The van der Waals surface area contributed by atoms with Gasteiger partial charge in [0.05, 0.1) is 6.61 Å². The molecule has 0 aromatic heterocycles. The number of aliphatic hydroxyl groups is 2. The first-order valence-electron chi connectivity index (χ1n) is 14.6. The van der Waals surface area contributed by atoms with Crippen LogP contribution in [0.2, 0.25) is 0 Å². The molecule has 0 heterocycles. The monoisotopic (exact) mass is 470 g/mol. The van der Waals surface area contributed by atoms with Crippen molar-refractivity contribution in [1.29, 1.82) is 0 Å². The Balaban J connectivity index is 3.10. The number of ether oxygens (including phenoxy) is 1. The van der Waals surface area contributed by atoms with Gasteiger partial charge < -0.3 is 14.9 Å². The second-order valence-electron chi connectivity index (χ2n) is 10.0. The molecule has 0 radical (unpaired) electrons. The molecule has 0 fully saturated rings. The van der Waals surface area contributed by atoms with Crippen LogP contribution in [0, 0.1) is 0 Å². The lowest BCUT2D eigenvalue weighted by Gasteiger charge is -2.08. The van der Waals surface area contributed by atoms with E-state index in [0.29, 0.717) is 6.42 Å². The highest BCUT2D eigenvalue weighted by Crippen LogP contribution is 2.15. The molecule has 2 N–H and O–H groups in total. The number of rotatable bonds is 27. The van der Waals surface area contributed by atoms with Crippen molar-refractivity contribution in [2.45, 2.75) is 167 Å². The van der Waals surface area contributed by atoms with Crippen molar-refractivity contribution >= 4 is 5.97 Å². The van der Waals surface area contributed by atoms with Crippen molar-refractivity contribution in [3.8, 4) is 0 Å². The maximum atomic E-state index is 11.5. The van der Waals surface area contributed by atoms with Crippen LogP contribution in [0.5, 0.6) is 0 Å². The Hall–Kier alpha value is -0.610. The molecule has 33 heavy (non-hydrogen) atoms. The van der Waals surface area contributed by atoms with Crippen LogP contribution in [-0.2, 0) is 9.53 Å². The molecule has 1 atom stereocenters. The molecule has 0 spiro atoms. The zero-order chi connectivity index (χ0) is 24.2. The fraction of sp³-hybridized carbons (Fsp3) is 0.966. The van der Waals surface area contributed by atoms with Crippen LogP contribution in [0.3, 0.4) is 0 Å². The molecule has 0 aliphatic rings. The number of esters is 1. The molecule has 0 aromatic rings. The third kappa shape index (κ3) is 27.5. The number of hydrogen-bond donors (Lipinski definition) is 2. The van der Waals surface area contributed by atoms with Crippen LogP contribution in [0.15, 0.2) is 0 Å². The Morgan fingerprint density at radius 1 is 0.576 bits per heavy atom. The number of aliphatic hydroxyl groups excluding tert-OH is 2. The number of unbranched alkanes of at least 4 members (excludes halogenated alkanes) is 22. The Kier molecular flexibility index (Phi) is 27.1. The zero-order valence-electron chi connectivity index (χ0n) is 22.2. The molecule has 4 nitrogen and oxygen atoms in total. The van der Waals surface area contributed by atoms with Crippen LogP contribution >= 0.6 is 0 Å². The van der Waals surface area contributed by atoms with Crippen molar-refractivity contribution < 1.29 is 19.7 Å². The molecular formula is C29H58O4. The third-order valence-electron chi connectivity index (χ3n) is 6.63. The fourth-order valence-electron chi connectivity index (χ4n) is 4.37. The summed E-state index contributed by atoms with van der Waals surface area (Å²) >= 11 is 0. The molecule has 0 saturated carbocycles. The fourth-order valence-corrected chi connectivity index (χ4v) is 4.37. The third-order valence-corrected chi connectivity index (χ3v) is 6.63. The average molecular weight is 471 g/mol. The largest absolute Gasteiger partial charge is 0.463 e. The lowest BCUT2D eigenvalue weighted by atomic mass is 10.0. The van der Waals surface area contributed by atoms with E-state index in [1.54, 1.807) is 0 Å². The summed E-state index contributed by atoms with van der Waals surface area (Å²) in [5.41, 5.74) is 0. The van der Waals surface area contributed by atoms with Gasteiger partial charge in [0.25, 0.3) is 0 Å². The summed E-state index contributed by atoms with van der Waals surface area (Å²) in [6.45, 7) is 1.82. The summed E-state index contributed by atoms with van der Waals surface area (Å²) in [5.74, 6) is -0.272. The normalized spacial score (nSPS) is 12.2. The van der Waals surface area contributed by atoms with Gasteiger partial charge in [-0.15, -0.1) is 0 Å². The van der Waals surface area contributed by atoms with Crippen LogP contribution in [0.1, 0.15) is 161 Å². The van der Waals surface area contributed by atoms with Gasteiger partial charge in [-0.3, -0.25) is 4.79 Å². The molecule has 0 amide bonds. The molecule has 198 valence electrons. The molecule has 0 aliphatic carbocycles. The zero-order valence-corrected chi connectivity index (χ0v) is 22.2. The van der Waals surface area contributed by atoms with E-state index in [-0.39, 0.29) is 19.2 Å². The minimum Gasteiger partial charge on any atom is -0.463 e. The van der Waals surface area contributed by atoms with E-state index in [2.05, 4.69) is 6.92 Å². The molecule has 0 unspecified atom stereocenters. The summed E-state index contributed by atoms with van der Waals surface area (Å²) in [6, 6.07) is 0. The van der Waals surface area contributed by atoms with Gasteiger partial charge in [-0.25, -0.2) is 0 Å². The van der Waals surface area contributed by atoms with E-state index in [0.717, 1.165) is 12.8 Å². The SMILES string of the molecule is CCCCCCCCCCCCCCCCCCCCCCCCCC(=O)OC[C@@H](O)CO.